The van der Waals surface area contributed by atoms with Gasteiger partial charge in [0.05, 0.1) is 5.56 Å². The average molecular weight is 473 g/mol. The number of amides is 4. The van der Waals surface area contributed by atoms with Crippen molar-refractivity contribution in [2.24, 2.45) is 0 Å². The molecule has 2 heterocycles. The first-order valence-electron chi connectivity index (χ1n) is 11.5. The van der Waals surface area contributed by atoms with E-state index >= 15 is 0 Å². The average Bonchev–Trinajstić information content (AvgIpc) is 3.30. The van der Waals surface area contributed by atoms with Gasteiger partial charge in [-0.2, -0.15) is 0 Å². The maximum absolute atomic E-state index is 13.1. The van der Waals surface area contributed by atoms with E-state index in [9.17, 15) is 24.0 Å². The molecule has 3 atom stereocenters. The number of fused-ring (bicyclic) bond motifs is 1. The Morgan fingerprint density at radius 1 is 1.12 bits per heavy atom. The first kappa shape index (κ1) is 25.2. The van der Waals surface area contributed by atoms with Gasteiger partial charge in [-0.3, -0.25) is 19.2 Å². The first-order valence-corrected chi connectivity index (χ1v) is 11.5. The number of hydrogen-bond acceptors (Lipinski definition) is 6. The van der Waals surface area contributed by atoms with Gasteiger partial charge in [-0.15, -0.1) is 0 Å². The Labute approximate surface area is 199 Å². The van der Waals surface area contributed by atoms with Crippen molar-refractivity contribution in [2.45, 2.75) is 57.2 Å². The zero-order valence-electron chi connectivity index (χ0n) is 19.8. The number of hydrogen-bond donors (Lipinski definition) is 2. The molecular weight excluding hydrogens is 440 g/mol. The molecule has 0 unspecified atom stereocenters. The Kier molecular flexibility index (Phi) is 8.25. The molecule has 0 bridgehead atoms. The molecule has 0 aromatic heterocycles. The predicted molar refractivity (Wildman–Crippen MR) is 123 cm³/mol. The summed E-state index contributed by atoms with van der Waals surface area (Å²) < 4.78 is 5.41. The topological polar surface area (TPSA) is 125 Å². The number of likely N-dealkylation sites (tertiary alicyclic amines) is 1. The molecule has 10 heteroatoms. The molecule has 10 nitrogen and oxygen atoms in total. The predicted octanol–water partition coefficient (Wildman–Crippen LogP) is 0.248. The molecule has 1 saturated heterocycles. The highest BCUT2D eigenvalue weighted by atomic mass is 16.5. The largest absolute Gasteiger partial charge is 0.459 e. The van der Waals surface area contributed by atoms with Gasteiger partial charge in [0.2, 0.25) is 23.6 Å². The van der Waals surface area contributed by atoms with E-state index in [1.165, 1.54) is 16.7 Å². The summed E-state index contributed by atoms with van der Waals surface area (Å²) in [5, 5.41) is 5.35. The number of benzene rings is 1. The highest BCUT2D eigenvalue weighted by Gasteiger charge is 2.36. The normalized spacial score (nSPS) is 23.5. The van der Waals surface area contributed by atoms with Crippen molar-refractivity contribution in [3.05, 3.63) is 35.4 Å². The van der Waals surface area contributed by atoms with Crippen LogP contribution in [-0.4, -0.2) is 84.8 Å². The van der Waals surface area contributed by atoms with Crippen molar-refractivity contribution >= 4 is 29.6 Å². The number of esters is 1. The third-order valence-electron chi connectivity index (χ3n) is 6.21. The lowest BCUT2D eigenvalue weighted by molar-refractivity contribution is -0.139. The maximum atomic E-state index is 13.1. The Hall–Kier alpha value is -3.43. The summed E-state index contributed by atoms with van der Waals surface area (Å²) in [4.78, 5) is 66.3. The Morgan fingerprint density at radius 2 is 1.85 bits per heavy atom. The maximum Gasteiger partial charge on any atom is 0.338 e. The molecule has 184 valence electrons. The summed E-state index contributed by atoms with van der Waals surface area (Å²) in [6, 6.07) is 4.35. The zero-order chi connectivity index (χ0) is 24.8. The fourth-order valence-corrected chi connectivity index (χ4v) is 4.38. The minimum absolute atomic E-state index is 0.222. The number of aryl methyl sites for hydroxylation is 1. The molecule has 34 heavy (non-hydrogen) atoms. The summed E-state index contributed by atoms with van der Waals surface area (Å²) in [6.07, 6.45) is 2.63. The van der Waals surface area contributed by atoms with Crippen molar-refractivity contribution in [3.63, 3.8) is 0 Å². The monoisotopic (exact) mass is 472 g/mol. The van der Waals surface area contributed by atoms with E-state index in [2.05, 4.69) is 10.6 Å². The second-order valence-electron chi connectivity index (χ2n) is 8.87. The lowest BCUT2D eigenvalue weighted by Crippen LogP contribution is -2.57. The number of nitrogens with zero attached hydrogens (tertiary/aromatic N) is 2. The highest BCUT2D eigenvalue weighted by Crippen LogP contribution is 2.19. The lowest BCUT2D eigenvalue weighted by atomic mass is 9.99. The van der Waals surface area contributed by atoms with E-state index in [0.29, 0.717) is 44.2 Å². The summed E-state index contributed by atoms with van der Waals surface area (Å²) in [5.41, 5.74) is 1.18. The molecular formula is C24H32N4O6. The van der Waals surface area contributed by atoms with E-state index in [0.717, 1.165) is 5.56 Å². The van der Waals surface area contributed by atoms with Gasteiger partial charge < -0.3 is 25.2 Å². The molecule has 3 rings (SSSR count). The van der Waals surface area contributed by atoms with Gasteiger partial charge in [-0.05, 0) is 43.7 Å². The second-order valence-corrected chi connectivity index (χ2v) is 8.87. The third-order valence-corrected chi connectivity index (χ3v) is 6.21. The molecule has 0 spiro atoms. The molecule has 2 aliphatic heterocycles. The van der Waals surface area contributed by atoms with E-state index in [-0.39, 0.29) is 11.8 Å². The van der Waals surface area contributed by atoms with Crippen LogP contribution in [0.25, 0.3) is 0 Å². The van der Waals surface area contributed by atoms with Crippen LogP contribution in [0.5, 0.6) is 0 Å². The van der Waals surface area contributed by atoms with Gasteiger partial charge in [-0.1, -0.05) is 18.2 Å². The van der Waals surface area contributed by atoms with E-state index in [4.69, 9.17) is 4.74 Å². The van der Waals surface area contributed by atoms with Crippen molar-refractivity contribution < 1.29 is 28.7 Å². The molecule has 4 amide bonds. The Balaban J connectivity index is 1.85. The van der Waals surface area contributed by atoms with Crippen molar-refractivity contribution in [1.82, 2.24) is 20.4 Å². The van der Waals surface area contributed by atoms with E-state index < -0.39 is 42.5 Å². The number of rotatable bonds is 3. The van der Waals surface area contributed by atoms with Crippen LogP contribution in [0.4, 0.5) is 0 Å². The number of carbonyl (C=O) groups excluding carboxylic acids is 5. The summed E-state index contributed by atoms with van der Waals surface area (Å²) in [6.45, 7) is 1.46. The number of likely N-dealkylation sites (N-methyl/N-ethyl adjacent to an activating group) is 1. The molecule has 1 fully saturated rings. The molecule has 2 aliphatic rings. The third kappa shape index (κ3) is 5.92. The molecule has 1 aromatic rings. The highest BCUT2D eigenvalue weighted by molar-refractivity contribution is 5.95. The van der Waals surface area contributed by atoms with Gasteiger partial charge in [0, 0.05) is 27.6 Å². The van der Waals surface area contributed by atoms with Crippen molar-refractivity contribution in [2.75, 3.05) is 27.2 Å². The van der Waals surface area contributed by atoms with Crippen molar-refractivity contribution in [3.8, 4) is 0 Å². The molecule has 0 saturated carbocycles. The minimum Gasteiger partial charge on any atom is -0.459 e. The molecule has 2 N–H and O–H groups in total. The van der Waals surface area contributed by atoms with Crippen LogP contribution >= 0.6 is 0 Å². The first-order chi connectivity index (χ1) is 16.2. The van der Waals surface area contributed by atoms with Crippen molar-refractivity contribution in [1.29, 1.82) is 0 Å². The summed E-state index contributed by atoms with van der Waals surface area (Å²) in [7, 11) is 3.22. The zero-order valence-corrected chi connectivity index (χ0v) is 19.8. The Bertz CT molecular complexity index is 963. The van der Waals surface area contributed by atoms with Crippen LogP contribution in [0.2, 0.25) is 0 Å². The molecule has 0 aliphatic carbocycles. The van der Waals surface area contributed by atoms with E-state index in [1.807, 2.05) is 12.1 Å². The van der Waals surface area contributed by atoms with Gasteiger partial charge in [0.1, 0.15) is 24.7 Å². The quantitative estimate of drug-likeness (QED) is 0.608. The smallest absolute Gasteiger partial charge is 0.338 e. The van der Waals surface area contributed by atoms with Crippen LogP contribution in [-0.2, 0) is 30.3 Å². The fraction of sp³-hybridized carbons (Fsp3) is 0.542. The summed E-state index contributed by atoms with van der Waals surface area (Å²) in [5.74, 6) is -2.19. The van der Waals surface area contributed by atoms with Crippen LogP contribution in [0.3, 0.4) is 0 Å². The van der Waals surface area contributed by atoms with Crippen LogP contribution < -0.4 is 10.6 Å². The second kappa shape index (κ2) is 11.1. The van der Waals surface area contributed by atoms with Gasteiger partial charge in [-0.25, -0.2) is 4.79 Å². The van der Waals surface area contributed by atoms with Crippen LogP contribution in [0.1, 0.15) is 48.5 Å². The Morgan fingerprint density at radius 3 is 2.56 bits per heavy atom. The fourth-order valence-electron chi connectivity index (χ4n) is 4.38. The standard InChI is InChI=1S/C24H32N4O6/c1-15(29)28-13-7-12-20(28)22(31)26-19-14-34-24(33)17-10-5-4-8-16(17)9-6-11-18(25-21(19)30)23(32)27(2)3/h4-5,8,10,18-20H,6-7,9,11-14H2,1-3H3,(H,25,30)(H,26,31)/t18-,19-,20+/m1/s1. The molecule has 0 radical (unpaired) electrons. The summed E-state index contributed by atoms with van der Waals surface area (Å²) >= 11 is 0. The number of cyclic esters (lactones) is 1. The SMILES string of the molecule is CC(=O)N1CCC[C@H]1C(=O)N[C@@H]1COC(=O)c2ccccc2CCC[C@H](C(=O)N(C)C)NC1=O. The van der Waals surface area contributed by atoms with Gasteiger partial charge in [0.15, 0.2) is 0 Å². The molecule has 1 aromatic carbocycles. The van der Waals surface area contributed by atoms with E-state index in [1.54, 1.807) is 26.2 Å². The lowest BCUT2D eigenvalue weighted by Gasteiger charge is -2.28. The van der Waals surface area contributed by atoms with Gasteiger partial charge >= 0.3 is 5.97 Å². The number of nitrogens with one attached hydrogen (secondary N) is 2. The van der Waals surface area contributed by atoms with Gasteiger partial charge in [0.25, 0.3) is 0 Å². The number of ether oxygens (including phenoxy) is 1. The minimum atomic E-state index is -1.21. The van der Waals surface area contributed by atoms with Crippen LogP contribution in [0.15, 0.2) is 24.3 Å². The van der Waals surface area contributed by atoms with Crippen LogP contribution in [0, 0.1) is 0 Å². The number of carbonyl (C=O) groups is 5.